The van der Waals surface area contributed by atoms with Crippen LogP contribution in [0.2, 0.25) is 0 Å². The van der Waals surface area contributed by atoms with Crippen LogP contribution in [0, 0.1) is 17.3 Å². The van der Waals surface area contributed by atoms with Crippen molar-refractivity contribution in [3.8, 4) is 0 Å². The summed E-state index contributed by atoms with van der Waals surface area (Å²) in [6.07, 6.45) is 1.88. The Morgan fingerprint density at radius 3 is 2.43 bits per heavy atom. The lowest BCUT2D eigenvalue weighted by molar-refractivity contribution is -0.143. The SMILES string of the molecule is CC=C(CO)C1C(C(=O)OC)C1(C)C. The van der Waals surface area contributed by atoms with E-state index in [4.69, 9.17) is 9.84 Å². The second kappa shape index (κ2) is 3.73. The Morgan fingerprint density at radius 2 is 2.07 bits per heavy atom. The summed E-state index contributed by atoms with van der Waals surface area (Å²) in [7, 11) is 1.40. The molecule has 0 heterocycles. The number of allylic oxidation sites excluding steroid dienone is 1. The number of ether oxygens (including phenoxy) is 1. The maximum atomic E-state index is 11.4. The number of rotatable bonds is 3. The predicted molar refractivity (Wildman–Crippen MR) is 53.6 cm³/mol. The number of methoxy groups -OCH3 is 1. The van der Waals surface area contributed by atoms with Gasteiger partial charge in [0, 0.05) is 5.92 Å². The fraction of sp³-hybridized carbons (Fsp3) is 0.727. The third-order valence-electron chi connectivity index (χ3n) is 3.24. The van der Waals surface area contributed by atoms with Crippen LogP contribution in [-0.4, -0.2) is 24.8 Å². The first kappa shape index (κ1) is 11.2. The maximum absolute atomic E-state index is 11.4. The third kappa shape index (κ3) is 1.57. The van der Waals surface area contributed by atoms with E-state index in [1.54, 1.807) is 0 Å². The quantitative estimate of drug-likeness (QED) is 0.550. The molecule has 0 bridgehead atoms. The molecule has 0 aromatic carbocycles. The minimum absolute atomic E-state index is 0.0259. The van der Waals surface area contributed by atoms with Crippen molar-refractivity contribution in [1.82, 2.24) is 0 Å². The Labute approximate surface area is 84.8 Å². The average molecular weight is 198 g/mol. The molecule has 1 rings (SSSR count). The highest BCUT2D eigenvalue weighted by Crippen LogP contribution is 2.61. The minimum Gasteiger partial charge on any atom is -0.469 e. The zero-order valence-electron chi connectivity index (χ0n) is 9.20. The van der Waals surface area contributed by atoms with Gasteiger partial charge < -0.3 is 9.84 Å². The number of aliphatic hydroxyl groups excluding tert-OH is 1. The van der Waals surface area contributed by atoms with Crippen LogP contribution >= 0.6 is 0 Å². The van der Waals surface area contributed by atoms with Crippen molar-refractivity contribution < 1.29 is 14.6 Å². The normalized spacial score (nSPS) is 29.9. The summed E-state index contributed by atoms with van der Waals surface area (Å²) in [5.41, 5.74) is 0.864. The van der Waals surface area contributed by atoms with Gasteiger partial charge >= 0.3 is 5.97 Å². The van der Waals surface area contributed by atoms with Crippen LogP contribution in [0.15, 0.2) is 11.6 Å². The summed E-state index contributed by atoms with van der Waals surface area (Å²) in [5, 5.41) is 9.12. The van der Waals surface area contributed by atoms with Gasteiger partial charge in [0.25, 0.3) is 0 Å². The third-order valence-corrected chi connectivity index (χ3v) is 3.24. The first-order valence-electron chi connectivity index (χ1n) is 4.84. The Kier molecular flexibility index (Phi) is 3.00. The molecule has 0 aromatic heterocycles. The van der Waals surface area contributed by atoms with Gasteiger partial charge in [-0.05, 0) is 17.9 Å². The Bertz CT molecular complexity index is 266. The summed E-state index contributed by atoms with van der Waals surface area (Å²) < 4.78 is 4.73. The molecule has 1 aliphatic rings. The summed E-state index contributed by atoms with van der Waals surface area (Å²) >= 11 is 0. The monoisotopic (exact) mass is 198 g/mol. The zero-order chi connectivity index (χ0) is 10.9. The smallest absolute Gasteiger partial charge is 0.309 e. The van der Waals surface area contributed by atoms with E-state index in [9.17, 15) is 4.79 Å². The highest BCUT2D eigenvalue weighted by Gasteiger charge is 2.63. The fourth-order valence-electron chi connectivity index (χ4n) is 2.27. The number of carbonyl (C=O) groups is 1. The van der Waals surface area contributed by atoms with E-state index in [1.807, 2.05) is 26.8 Å². The molecule has 3 heteroatoms. The number of carbonyl (C=O) groups excluding carboxylic acids is 1. The molecule has 1 fully saturated rings. The van der Waals surface area contributed by atoms with Crippen LogP contribution < -0.4 is 0 Å². The first-order valence-corrected chi connectivity index (χ1v) is 4.84. The second-order valence-corrected chi connectivity index (χ2v) is 4.32. The molecule has 1 N–H and O–H groups in total. The molecule has 1 aliphatic carbocycles. The lowest BCUT2D eigenvalue weighted by atomic mass is 10.0. The molecule has 3 nitrogen and oxygen atoms in total. The first-order chi connectivity index (χ1) is 6.50. The van der Waals surface area contributed by atoms with E-state index in [-0.39, 0.29) is 29.8 Å². The van der Waals surface area contributed by atoms with Crippen molar-refractivity contribution >= 4 is 5.97 Å². The number of aliphatic hydroxyl groups is 1. The van der Waals surface area contributed by atoms with Gasteiger partial charge in [0.05, 0.1) is 19.6 Å². The van der Waals surface area contributed by atoms with Gasteiger partial charge in [-0.15, -0.1) is 0 Å². The lowest BCUT2D eigenvalue weighted by Gasteiger charge is -2.03. The van der Waals surface area contributed by atoms with Gasteiger partial charge in [0.2, 0.25) is 0 Å². The largest absolute Gasteiger partial charge is 0.469 e. The average Bonchev–Trinajstić information content (AvgIpc) is 2.71. The molecule has 14 heavy (non-hydrogen) atoms. The Hall–Kier alpha value is -0.830. The molecule has 0 amide bonds. The summed E-state index contributed by atoms with van der Waals surface area (Å²) in [6.45, 7) is 5.96. The number of esters is 1. The molecular formula is C11H18O3. The highest BCUT2D eigenvalue weighted by molar-refractivity contribution is 5.78. The number of hydrogen-bond acceptors (Lipinski definition) is 3. The van der Waals surface area contributed by atoms with E-state index in [2.05, 4.69) is 0 Å². The predicted octanol–water partition coefficient (Wildman–Crippen LogP) is 1.37. The second-order valence-electron chi connectivity index (χ2n) is 4.32. The summed E-state index contributed by atoms with van der Waals surface area (Å²) in [4.78, 5) is 11.4. The van der Waals surface area contributed by atoms with Crippen molar-refractivity contribution in [3.05, 3.63) is 11.6 Å². The van der Waals surface area contributed by atoms with Gasteiger partial charge in [-0.25, -0.2) is 0 Å². The zero-order valence-corrected chi connectivity index (χ0v) is 9.20. The Balaban J connectivity index is 2.80. The molecule has 0 radical (unpaired) electrons. The van der Waals surface area contributed by atoms with Crippen molar-refractivity contribution in [2.24, 2.45) is 17.3 Å². The summed E-state index contributed by atoms with van der Waals surface area (Å²) in [5.74, 6) is -0.122. The van der Waals surface area contributed by atoms with E-state index in [0.717, 1.165) is 5.57 Å². The van der Waals surface area contributed by atoms with Crippen molar-refractivity contribution in [3.63, 3.8) is 0 Å². The summed E-state index contributed by atoms with van der Waals surface area (Å²) in [6, 6.07) is 0. The molecule has 1 saturated carbocycles. The molecule has 0 aromatic rings. The standard InChI is InChI=1S/C11H18O3/c1-5-7(6-12)8-9(10(13)14-4)11(8,2)3/h5,8-9,12H,6H2,1-4H3. The van der Waals surface area contributed by atoms with E-state index in [0.29, 0.717) is 0 Å². The fourth-order valence-corrected chi connectivity index (χ4v) is 2.27. The topological polar surface area (TPSA) is 46.5 Å². The molecule has 0 aliphatic heterocycles. The molecular weight excluding hydrogens is 180 g/mol. The van der Waals surface area contributed by atoms with E-state index < -0.39 is 0 Å². The van der Waals surface area contributed by atoms with E-state index in [1.165, 1.54) is 7.11 Å². The molecule has 0 spiro atoms. The lowest BCUT2D eigenvalue weighted by Crippen LogP contribution is -2.07. The van der Waals surface area contributed by atoms with Crippen molar-refractivity contribution in [2.45, 2.75) is 20.8 Å². The van der Waals surface area contributed by atoms with Crippen LogP contribution in [-0.2, 0) is 9.53 Å². The Morgan fingerprint density at radius 1 is 1.50 bits per heavy atom. The van der Waals surface area contributed by atoms with Crippen LogP contribution in [0.4, 0.5) is 0 Å². The van der Waals surface area contributed by atoms with Gasteiger partial charge in [-0.1, -0.05) is 19.9 Å². The molecule has 2 atom stereocenters. The van der Waals surface area contributed by atoms with Crippen LogP contribution in [0.5, 0.6) is 0 Å². The van der Waals surface area contributed by atoms with Crippen LogP contribution in [0.3, 0.4) is 0 Å². The minimum atomic E-state index is -0.173. The molecule has 80 valence electrons. The van der Waals surface area contributed by atoms with E-state index >= 15 is 0 Å². The van der Waals surface area contributed by atoms with Crippen molar-refractivity contribution in [1.29, 1.82) is 0 Å². The maximum Gasteiger partial charge on any atom is 0.309 e. The van der Waals surface area contributed by atoms with Gasteiger partial charge in [0.1, 0.15) is 0 Å². The van der Waals surface area contributed by atoms with Gasteiger partial charge in [0.15, 0.2) is 0 Å². The molecule has 0 saturated heterocycles. The molecule has 2 unspecified atom stereocenters. The van der Waals surface area contributed by atoms with Crippen molar-refractivity contribution in [2.75, 3.05) is 13.7 Å². The van der Waals surface area contributed by atoms with Crippen LogP contribution in [0.25, 0.3) is 0 Å². The number of hydrogen-bond donors (Lipinski definition) is 1. The van der Waals surface area contributed by atoms with Gasteiger partial charge in [-0.3, -0.25) is 4.79 Å². The highest BCUT2D eigenvalue weighted by atomic mass is 16.5. The van der Waals surface area contributed by atoms with Gasteiger partial charge in [-0.2, -0.15) is 0 Å². The van der Waals surface area contributed by atoms with Crippen LogP contribution in [0.1, 0.15) is 20.8 Å².